The highest BCUT2D eigenvalue weighted by Gasteiger charge is 2.39. The quantitative estimate of drug-likeness (QED) is 0.0446. The molecule has 2 aromatic heterocycles. The summed E-state index contributed by atoms with van der Waals surface area (Å²) in [6.07, 6.45) is 3.99. The van der Waals surface area contributed by atoms with E-state index in [-0.39, 0.29) is 51.5 Å². The molecule has 7 atom stereocenters. The molecule has 0 spiro atoms. The predicted molar refractivity (Wildman–Crippen MR) is 268 cm³/mol. The van der Waals surface area contributed by atoms with Gasteiger partial charge in [-0.15, -0.1) is 0 Å². The van der Waals surface area contributed by atoms with Crippen LogP contribution < -0.4 is 38.1 Å². The third-order valence-electron chi connectivity index (χ3n) is 12.9. The summed E-state index contributed by atoms with van der Waals surface area (Å²) in [5, 5.41) is 25.4. The molecule has 6 aromatic rings. The maximum absolute atomic E-state index is 14.8. The Morgan fingerprint density at radius 2 is 1.07 bits per heavy atom. The van der Waals surface area contributed by atoms with Crippen LogP contribution in [0, 0.1) is 0 Å². The van der Waals surface area contributed by atoms with Gasteiger partial charge in [0.2, 0.25) is 41.4 Å². The van der Waals surface area contributed by atoms with Gasteiger partial charge in [0.15, 0.2) is 0 Å². The number of hydrogen-bond donors (Lipinski definition) is 10. The normalized spacial score (nSPS) is 15.9. The molecule has 7 rings (SSSR count). The van der Waals surface area contributed by atoms with Gasteiger partial charge in [0.25, 0.3) is 0 Å². The standard InChI is InChI=1S/C53H60N10O9/c1-31(47(65)59-41(25-32-13-4-2-5-14-32)49(67)62-44(53(71)72)26-33-15-6-3-7-16-33)58-48(66)42(27-34-29-56-39-19-10-8-17-36(34)39)60-50(68)43(28-35-30-57-40-20-11-9-18-37(35)40)61-51(69)45-21-12-24-63(45)52(70)38(54)22-23-46(55)64/h2-11,13-20,29-31,38,41-45,56-57H,12,21-28,54H2,1H3,(H2,55,64)(H,58,66)(H,59,65)(H,60,68)(H,61,69)(H,62,67)(H,71,72). The number of rotatable bonds is 23. The molecule has 1 aliphatic heterocycles. The molecule has 0 aliphatic carbocycles. The van der Waals surface area contributed by atoms with Gasteiger partial charge in [-0.3, -0.25) is 33.6 Å². The van der Waals surface area contributed by atoms with E-state index in [1.165, 1.54) is 11.8 Å². The van der Waals surface area contributed by atoms with Crippen LogP contribution in [0.25, 0.3) is 21.8 Å². The van der Waals surface area contributed by atoms with E-state index in [1.54, 1.807) is 73.1 Å². The fraction of sp³-hybridized carbons (Fsp3) is 0.321. The molecule has 0 saturated carbocycles. The number of H-pyrrole nitrogens is 2. The van der Waals surface area contributed by atoms with E-state index in [1.807, 2.05) is 48.5 Å². The SMILES string of the molecule is CC(NC(=O)C(Cc1c[nH]c2ccccc12)NC(=O)C(Cc1c[nH]c2ccccc12)NC(=O)C1CCCN1C(=O)C(N)CCC(N)=O)C(=O)NC(Cc1ccccc1)C(=O)NC(Cc1ccccc1)C(=O)O. The maximum atomic E-state index is 14.8. The molecule has 0 bridgehead atoms. The van der Waals surface area contributed by atoms with Crippen LogP contribution in [0.2, 0.25) is 0 Å². The molecule has 72 heavy (non-hydrogen) atoms. The first-order valence-corrected chi connectivity index (χ1v) is 23.9. The molecule has 19 nitrogen and oxygen atoms in total. The Balaban J connectivity index is 1.12. The number of benzene rings is 4. The first-order valence-electron chi connectivity index (χ1n) is 23.9. The zero-order valence-corrected chi connectivity index (χ0v) is 39.8. The van der Waals surface area contributed by atoms with Gasteiger partial charge in [0.05, 0.1) is 6.04 Å². The van der Waals surface area contributed by atoms with Gasteiger partial charge in [-0.2, -0.15) is 0 Å². The van der Waals surface area contributed by atoms with Crippen molar-refractivity contribution in [2.75, 3.05) is 6.54 Å². The van der Waals surface area contributed by atoms with Gasteiger partial charge in [-0.25, -0.2) is 4.79 Å². The molecule has 7 unspecified atom stereocenters. The number of hydrogen-bond acceptors (Lipinski definition) is 9. The van der Waals surface area contributed by atoms with Crippen LogP contribution in [0.15, 0.2) is 122 Å². The highest BCUT2D eigenvalue weighted by Crippen LogP contribution is 2.23. The number of likely N-dealkylation sites (tertiary alicyclic amines) is 1. The minimum absolute atomic E-state index is 0.00321. The second-order valence-electron chi connectivity index (χ2n) is 18.1. The Hall–Kier alpha value is -8.32. The summed E-state index contributed by atoms with van der Waals surface area (Å²) in [5.74, 6) is -6.04. The van der Waals surface area contributed by atoms with Crippen molar-refractivity contribution in [1.29, 1.82) is 0 Å². The van der Waals surface area contributed by atoms with Crippen LogP contribution in [-0.4, -0.2) is 116 Å². The molecule has 19 heteroatoms. The Labute approximate surface area is 415 Å². The summed E-state index contributed by atoms with van der Waals surface area (Å²) in [4.78, 5) is 116. The molecule has 1 aliphatic rings. The van der Waals surface area contributed by atoms with Crippen molar-refractivity contribution in [3.05, 3.63) is 144 Å². The number of aromatic amines is 2. The Kier molecular flexibility index (Phi) is 17.2. The second-order valence-corrected chi connectivity index (χ2v) is 18.1. The number of aliphatic carboxylic acids is 1. The molecule has 3 heterocycles. The minimum atomic E-state index is -1.33. The van der Waals surface area contributed by atoms with Crippen LogP contribution >= 0.6 is 0 Å². The largest absolute Gasteiger partial charge is 0.480 e. The summed E-state index contributed by atoms with van der Waals surface area (Å²) in [5.41, 5.74) is 15.7. The number of aromatic nitrogens is 2. The van der Waals surface area contributed by atoms with E-state index in [2.05, 4.69) is 36.6 Å². The summed E-state index contributed by atoms with van der Waals surface area (Å²) in [6, 6.07) is 23.9. The lowest BCUT2D eigenvalue weighted by molar-refractivity contribution is -0.142. The third kappa shape index (κ3) is 13.3. The van der Waals surface area contributed by atoms with Crippen molar-refractivity contribution in [1.82, 2.24) is 41.5 Å². The number of nitrogens with two attached hydrogens (primary N) is 2. The summed E-state index contributed by atoms with van der Waals surface area (Å²) in [6.45, 7) is 1.65. The number of carbonyl (C=O) groups is 8. The molecular formula is C53H60N10O9. The lowest BCUT2D eigenvalue weighted by atomic mass is 10.0. The van der Waals surface area contributed by atoms with Crippen molar-refractivity contribution in [2.24, 2.45) is 11.5 Å². The lowest BCUT2D eigenvalue weighted by Gasteiger charge is -2.29. The minimum Gasteiger partial charge on any atom is -0.480 e. The fourth-order valence-electron chi connectivity index (χ4n) is 8.99. The first-order chi connectivity index (χ1) is 34.6. The molecule has 376 valence electrons. The van der Waals surface area contributed by atoms with Gasteiger partial charge in [-0.05, 0) is 60.6 Å². The van der Waals surface area contributed by atoms with Gasteiger partial charge >= 0.3 is 5.97 Å². The van der Waals surface area contributed by atoms with E-state index in [4.69, 9.17) is 11.5 Å². The van der Waals surface area contributed by atoms with Crippen molar-refractivity contribution >= 4 is 69.1 Å². The number of primary amides is 1. The van der Waals surface area contributed by atoms with E-state index in [9.17, 15) is 43.5 Å². The van der Waals surface area contributed by atoms with Crippen molar-refractivity contribution < 1.29 is 43.5 Å². The molecule has 0 radical (unpaired) electrons. The fourth-order valence-corrected chi connectivity index (χ4v) is 8.99. The van der Waals surface area contributed by atoms with Crippen molar-refractivity contribution in [2.45, 2.75) is 101 Å². The van der Waals surface area contributed by atoms with E-state index < -0.39 is 89.6 Å². The first kappa shape index (κ1) is 51.5. The van der Waals surface area contributed by atoms with Crippen LogP contribution in [-0.2, 0) is 64.0 Å². The van der Waals surface area contributed by atoms with Crippen LogP contribution in [0.5, 0.6) is 0 Å². The molecule has 7 amide bonds. The van der Waals surface area contributed by atoms with Crippen molar-refractivity contribution in [3.8, 4) is 0 Å². The molecular weight excluding hydrogens is 921 g/mol. The molecule has 1 saturated heterocycles. The summed E-state index contributed by atoms with van der Waals surface area (Å²) < 4.78 is 0. The number of carbonyl (C=O) groups excluding carboxylic acids is 7. The van der Waals surface area contributed by atoms with Crippen LogP contribution in [0.4, 0.5) is 0 Å². The lowest BCUT2D eigenvalue weighted by Crippen LogP contribution is -2.60. The number of carboxylic acid groups (broad SMARTS) is 1. The van der Waals surface area contributed by atoms with Gasteiger partial charge in [0.1, 0.15) is 36.3 Å². The highest BCUT2D eigenvalue weighted by atomic mass is 16.4. The highest BCUT2D eigenvalue weighted by molar-refractivity contribution is 5.98. The average molecular weight is 981 g/mol. The monoisotopic (exact) mass is 980 g/mol. The van der Waals surface area contributed by atoms with Crippen LogP contribution in [0.1, 0.15) is 54.9 Å². The number of nitrogens with zero attached hydrogens (tertiary/aromatic N) is 1. The number of para-hydroxylation sites is 2. The number of fused-ring (bicyclic) bond motifs is 2. The van der Waals surface area contributed by atoms with E-state index in [0.717, 1.165) is 21.8 Å². The van der Waals surface area contributed by atoms with Gasteiger partial charge in [-0.1, -0.05) is 97.1 Å². The molecule has 12 N–H and O–H groups in total. The Morgan fingerprint density at radius 1 is 0.611 bits per heavy atom. The van der Waals surface area contributed by atoms with E-state index >= 15 is 0 Å². The van der Waals surface area contributed by atoms with Gasteiger partial charge < -0.3 is 58.0 Å². The topological polar surface area (TPSA) is 304 Å². The molecule has 1 fully saturated rings. The van der Waals surface area contributed by atoms with E-state index in [0.29, 0.717) is 28.7 Å². The Bertz CT molecular complexity index is 2900. The second kappa shape index (κ2) is 24.0. The number of nitrogens with one attached hydrogen (secondary N) is 7. The molecule has 4 aromatic carbocycles. The van der Waals surface area contributed by atoms with Crippen LogP contribution in [0.3, 0.4) is 0 Å². The number of carboxylic acids is 1. The van der Waals surface area contributed by atoms with Gasteiger partial charge in [0, 0.05) is 72.8 Å². The maximum Gasteiger partial charge on any atom is 0.326 e. The smallest absolute Gasteiger partial charge is 0.326 e. The summed E-state index contributed by atoms with van der Waals surface area (Å²) in [7, 11) is 0. The number of amides is 7. The average Bonchev–Trinajstić information content (AvgIpc) is 4.14. The zero-order chi connectivity index (χ0) is 51.3. The summed E-state index contributed by atoms with van der Waals surface area (Å²) >= 11 is 0. The van der Waals surface area contributed by atoms with Crippen molar-refractivity contribution in [3.63, 3.8) is 0 Å². The Morgan fingerprint density at radius 3 is 1.61 bits per heavy atom. The third-order valence-corrected chi connectivity index (χ3v) is 12.9. The zero-order valence-electron chi connectivity index (χ0n) is 39.8. The predicted octanol–water partition coefficient (Wildman–Crippen LogP) is 2.03.